The summed E-state index contributed by atoms with van der Waals surface area (Å²) >= 11 is 3.28. The molecule has 1 aliphatic heterocycles. The Morgan fingerprint density at radius 1 is 1.38 bits per heavy atom. The summed E-state index contributed by atoms with van der Waals surface area (Å²) in [7, 11) is -0.202. The highest BCUT2D eigenvalue weighted by Gasteiger charge is 2.34. The van der Waals surface area contributed by atoms with Crippen molar-refractivity contribution in [2.45, 2.75) is 17.9 Å². The Kier molecular flexibility index (Phi) is 4.82. The van der Waals surface area contributed by atoms with Crippen LogP contribution in [0.25, 0.3) is 0 Å². The molecule has 118 valence electrons. The quantitative estimate of drug-likeness (QED) is 0.804. The Balaban J connectivity index is 2.47. The van der Waals surface area contributed by atoms with E-state index >= 15 is 0 Å². The Labute approximate surface area is 134 Å². The van der Waals surface area contributed by atoms with Gasteiger partial charge in [-0.1, -0.05) is 0 Å². The van der Waals surface area contributed by atoms with Gasteiger partial charge in [-0.2, -0.15) is 4.31 Å². The van der Waals surface area contributed by atoms with Gasteiger partial charge < -0.3 is 15.4 Å². The van der Waals surface area contributed by atoms with Crippen molar-refractivity contribution in [3.8, 4) is 5.75 Å². The Morgan fingerprint density at radius 3 is 2.62 bits per heavy atom. The average Bonchev–Trinajstić information content (AvgIpc) is 2.40. The van der Waals surface area contributed by atoms with Crippen molar-refractivity contribution >= 4 is 31.6 Å². The molecule has 0 bridgehead atoms. The van der Waals surface area contributed by atoms with Crippen LogP contribution in [-0.4, -0.2) is 57.5 Å². The number of ether oxygens (including phenoxy) is 1. The Hall–Kier alpha value is -0.830. The van der Waals surface area contributed by atoms with Crippen molar-refractivity contribution in [1.82, 2.24) is 9.21 Å². The molecular weight excluding hydrogens is 358 g/mol. The van der Waals surface area contributed by atoms with Crippen LogP contribution in [0.1, 0.15) is 6.92 Å². The number of halogens is 1. The summed E-state index contributed by atoms with van der Waals surface area (Å²) in [6.45, 7) is 3.77. The zero-order valence-corrected chi connectivity index (χ0v) is 14.7. The third kappa shape index (κ3) is 3.18. The number of likely N-dealkylation sites (N-methyl/N-ethyl adjacent to an activating group) is 1. The number of hydrogen-bond acceptors (Lipinski definition) is 5. The van der Waals surface area contributed by atoms with Gasteiger partial charge in [-0.3, -0.25) is 0 Å². The van der Waals surface area contributed by atoms with Gasteiger partial charge in [-0.25, -0.2) is 8.42 Å². The highest BCUT2D eigenvalue weighted by atomic mass is 79.9. The second kappa shape index (κ2) is 6.12. The van der Waals surface area contributed by atoms with Crippen LogP contribution < -0.4 is 10.5 Å². The number of piperazine rings is 1. The second-order valence-corrected chi connectivity index (χ2v) is 7.96. The van der Waals surface area contributed by atoms with E-state index in [1.807, 2.05) is 14.0 Å². The van der Waals surface area contributed by atoms with Gasteiger partial charge in [0.25, 0.3) is 0 Å². The molecule has 8 heteroatoms. The third-order valence-corrected chi connectivity index (χ3v) is 6.36. The molecule has 2 N–H and O–H groups in total. The molecule has 1 aromatic rings. The van der Waals surface area contributed by atoms with E-state index in [4.69, 9.17) is 10.5 Å². The summed E-state index contributed by atoms with van der Waals surface area (Å²) in [6, 6.07) is 2.94. The molecule has 1 unspecified atom stereocenters. The number of anilines is 1. The third-order valence-electron chi connectivity index (χ3n) is 3.64. The fourth-order valence-corrected chi connectivity index (χ4v) is 4.63. The van der Waals surface area contributed by atoms with Crippen molar-refractivity contribution in [2.75, 3.05) is 39.5 Å². The molecule has 1 aliphatic rings. The Morgan fingerprint density at radius 2 is 2.05 bits per heavy atom. The van der Waals surface area contributed by atoms with Gasteiger partial charge in [0.1, 0.15) is 10.6 Å². The minimum atomic E-state index is -3.64. The molecule has 0 aliphatic carbocycles. The van der Waals surface area contributed by atoms with E-state index in [9.17, 15) is 8.42 Å². The van der Waals surface area contributed by atoms with Crippen LogP contribution in [0, 0.1) is 0 Å². The summed E-state index contributed by atoms with van der Waals surface area (Å²) in [5, 5.41) is 0. The predicted molar refractivity (Wildman–Crippen MR) is 86.0 cm³/mol. The second-order valence-electron chi connectivity index (χ2n) is 5.25. The van der Waals surface area contributed by atoms with Crippen LogP contribution in [-0.2, 0) is 10.0 Å². The van der Waals surface area contributed by atoms with E-state index in [2.05, 4.69) is 20.8 Å². The van der Waals surface area contributed by atoms with Crippen LogP contribution in [0.2, 0.25) is 0 Å². The molecule has 1 aromatic carbocycles. The van der Waals surface area contributed by atoms with Gasteiger partial charge >= 0.3 is 0 Å². The fraction of sp³-hybridized carbons (Fsp3) is 0.538. The maximum atomic E-state index is 12.9. The topological polar surface area (TPSA) is 75.9 Å². The largest absolute Gasteiger partial charge is 0.495 e. The molecule has 0 saturated carbocycles. The smallest absolute Gasteiger partial charge is 0.247 e. The lowest BCUT2D eigenvalue weighted by molar-refractivity contribution is 0.170. The predicted octanol–water partition coefficient (Wildman–Crippen LogP) is 1.36. The average molecular weight is 378 g/mol. The SMILES string of the molecule is COc1cc(Br)c(N)cc1S(=O)(=O)N1CCN(C)CC1C. The van der Waals surface area contributed by atoms with Crippen LogP contribution in [0.4, 0.5) is 5.69 Å². The first-order valence-corrected chi connectivity index (χ1v) is 8.84. The lowest BCUT2D eigenvalue weighted by atomic mass is 10.2. The number of rotatable bonds is 3. The zero-order chi connectivity index (χ0) is 15.8. The molecule has 21 heavy (non-hydrogen) atoms. The fourth-order valence-electron chi connectivity index (χ4n) is 2.52. The van der Waals surface area contributed by atoms with Crippen LogP contribution in [0.3, 0.4) is 0 Å². The molecule has 0 aromatic heterocycles. The molecule has 1 fully saturated rings. The highest BCUT2D eigenvalue weighted by Crippen LogP contribution is 2.34. The number of nitrogens with two attached hydrogens (primary N) is 1. The van der Waals surface area contributed by atoms with Crippen molar-refractivity contribution in [2.24, 2.45) is 0 Å². The van der Waals surface area contributed by atoms with Gasteiger partial charge in [-0.15, -0.1) is 0 Å². The lowest BCUT2D eigenvalue weighted by Gasteiger charge is -2.37. The maximum absolute atomic E-state index is 12.9. The maximum Gasteiger partial charge on any atom is 0.247 e. The van der Waals surface area contributed by atoms with E-state index in [1.54, 1.807) is 6.07 Å². The molecule has 1 heterocycles. The summed E-state index contributed by atoms with van der Waals surface area (Å²) < 4.78 is 33.1. The van der Waals surface area contributed by atoms with Crippen molar-refractivity contribution in [3.05, 3.63) is 16.6 Å². The van der Waals surface area contributed by atoms with E-state index in [1.165, 1.54) is 17.5 Å². The number of nitrogen functional groups attached to an aromatic ring is 1. The first-order valence-electron chi connectivity index (χ1n) is 6.60. The summed E-state index contributed by atoms with van der Waals surface area (Å²) in [5.41, 5.74) is 6.20. The number of benzene rings is 1. The van der Waals surface area contributed by atoms with E-state index in [0.717, 1.165) is 0 Å². The number of methoxy groups -OCH3 is 1. The molecule has 0 spiro atoms. The summed E-state index contributed by atoms with van der Waals surface area (Å²) in [6.07, 6.45) is 0. The molecule has 0 amide bonds. The van der Waals surface area contributed by atoms with Gasteiger partial charge in [0.05, 0.1) is 7.11 Å². The van der Waals surface area contributed by atoms with Crippen LogP contribution in [0.15, 0.2) is 21.5 Å². The van der Waals surface area contributed by atoms with Gasteiger partial charge in [0.2, 0.25) is 10.0 Å². The number of sulfonamides is 1. The van der Waals surface area contributed by atoms with Crippen molar-refractivity contribution in [1.29, 1.82) is 0 Å². The minimum Gasteiger partial charge on any atom is -0.495 e. The monoisotopic (exact) mass is 377 g/mol. The molecule has 1 saturated heterocycles. The first kappa shape index (κ1) is 16.5. The summed E-state index contributed by atoms with van der Waals surface area (Å²) in [5.74, 6) is 0.294. The lowest BCUT2D eigenvalue weighted by Crippen LogP contribution is -2.52. The normalized spacial score (nSPS) is 21.4. The molecular formula is C13H20BrN3O3S. The standard InChI is InChI=1S/C13H20BrN3O3S/c1-9-8-16(2)4-5-17(9)21(18,19)13-7-11(15)10(14)6-12(13)20-3/h6-7,9H,4-5,8,15H2,1-3H3. The molecule has 0 radical (unpaired) electrons. The molecule has 6 nitrogen and oxygen atoms in total. The number of nitrogens with zero attached hydrogens (tertiary/aromatic N) is 2. The highest BCUT2D eigenvalue weighted by molar-refractivity contribution is 9.10. The van der Waals surface area contributed by atoms with Crippen LogP contribution in [0.5, 0.6) is 5.75 Å². The van der Waals surface area contributed by atoms with Gasteiger partial charge in [0, 0.05) is 35.8 Å². The Bertz CT molecular complexity index is 636. The minimum absolute atomic E-state index is 0.0941. The van der Waals surface area contributed by atoms with E-state index in [-0.39, 0.29) is 10.9 Å². The zero-order valence-electron chi connectivity index (χ0n) is 12.3. The van der Waals surface area contributed by atoms with Crippen molar-refractivity contribution < 1.29 is 13.2 Å². The van der Waals surface area contributed by atoms with Crippen LogP contribution >= 0.6 is 15.9 Å². The van der Waals surface area contributed by atoms with Crippen molar-refractivity contribution in [3.63, 3.8) is 0 Å². The van der Waals surface area contributed by atoms with E-state index in [0.29, 0.717) is 35.5 Å². The summed E-state index contributed by atoms with van der Waals surface area (Å²) in [4.78, 5) is 2.23. The van der Waals surface area contributed by atoms with Gasteiger partial charge in [0.15, 0.2) is 0 Å². The number of hydrogen-bond donors (Lipinski definition) is 1. The molecule has 2 rings (SSSR count). The molecule has 1 atom stereocenters. The van der Waals surface area contributed by atoms with Gasteiger partial charge in [-0.05, 0) is 42.0 Å². The van der Waals surface area contributed by atoms with E-state index < -0.39 is 10.0 Å². The first-order chi connectivity index (χ1) is 9.77.